The van der Waals surface area contributed by atoms with Crippen LogP contribution in [0.25, 0.3) is 133 Å². The van der Waals surface area contributed by atoms with Crippen LogP contribution >= 0.6 is 11.6 Å². The Bertz CT molecular complexity index is 5520. The first-order valence-corrected chi connectivity index (χ1v) is 34.9. The van der Waals surface area contributed by atoms with E-state index in [9.17, 15) is 4.79 Å². The molecule has 18 rings (SSSR count). The van der Waals surface area contributed by atoms with Crippen LogP contribution in [0.5, 0.6) is 0 Å². The number of benzene rings is 8. The summed E-state index contributed by atoms with van der Waals surface area (Å²) in [4.78, 5) is 37.5. The lowest BCUT2D eigenvalue weighted by molar-refractivity contribution is 0.312. The minimum atomic E-state index is -0.221. The van der Waals surface area contributed by atoms with Gasteiger partial charge in [-0.2, -0.15) is 5.10 Å². The molecule has 0 saturated carbocycles. The van der Waals surface area contributed by atoms with Crippen molar-refractivity contribution in [3.63, 3.8) is 0 Å². The number of piperazine rings is 2. The van der Waals surface area contributed by atoms with Gasteiger partial charge in [0.2, 0.25) is 0 Å². The van der Waals surface area contributed by atoms with Crippen molar-refractivity contribution in [2.24, 2.45) is 0 Å². The molecule has 8 aromatic carbocycles. The summed E-state index contributed by atoms with van der Waals surface area (Å²) in [5.41, 5.74) is 15.3. The summed E-state index contributed by atoms with van der Waals surface area (Å²) < 4.78 is 0. The molecule has 16 aromatic rings. The largest absolute Gasteiger partial charge is 0.353 e. The van der Waals surface area contributed by atoms with Gasteiger partial charge in [0, 0.05) is 153 Å². The number of aromatic nitrogens is 12. The van der Waals surface area contributed by atoms with Gasteiger partial charge < -0.3 is 19.6 Å². The number of anilines is 2. The molecule has 0 bridgehead atoms. The summed E-state index contributed by atoms with van der Waals surface area (Å²) in [6.07, 6.45) is 14.2. The number of hydrogen-bond acceptors (Lipinski definition) is 16. The van der Waals surface area contributed by atoms with Crippen molar-refractivity contribution in [1.29, 1.82) is 0 Å². The Hall–Kier alpha value is -12.7. The van der Waals surface area contributed by atoms with Gasteiger partial charge >= 0.3 is 0 Å². The summed E-state index contributed by atoms with van der Waals surface area (Å²) in [6.45, 7) is 8.04. The minimum Gasteiger partial charge on any atom is -0.353 e. The molecule has 2 aliphatic heterocycles. The Balaban J connectivity index is 0.000000118. The molecule has 516 valence electrons. The zero-order valence-electron chi connectivity index (χ0n) is 57.4. The third kappa shape index (κ3) is 16.3. The van der Waals surface area contributed by atoms with Crippen LogP contribution in [0.4, 0.5) is 11.6 Å². The normalized spacial score (nSPS) is 13.0. The van der Waals surface area contributed by atoms with Crippen molar-refractivity contribution in [2.75, 3.05) is 76.3 Å². The number of rotatable bonds is 10. The lowest BCUT2D eigenvalue weighted by Crippen LogP contribution is -2.44. The van der Waals surface area contributed by atoms with E-state index < -0.39 is 0 Å². The van der Waals surface area contributed by atoms with E-state index in [-0.39, 0.29) is 13.0 Å². The number of pyridine rings is 4. The lowest BCUT2D eigenvalue weighted by atomic mass is 9.98. The number of aromatic amines is 1. The van der Waals surface area contributed by atoms with Crippen molar-refractivity contribution in [1.82, 2.24) is 70.5 Å². The molecule has 18 heteroatoms. The molecule has 0 atom stereocenters. The smallest absolute Gasteiger partial charge is 0.264 e. The van der Waals surface area contributed by atoms with E-state index >= 15 is 0 Å². The number of nitrogens with one attached hydrogen (secondary N) is 1. The Morgan fingerprint density at radius 1 is 0.295 bits per heavy atom. The van der Waals surface area contributed by atoms with Gasteiger partial charge in [-0.1, -0.05) is 165 Å². The molecule has 0 radical (unpaired) electrons. The number of halogens is 1. The zero-order chi connectivity index (χ0) is 70.6. The van der Waals surface area contributed by atoms with Gasteiger partial charge in [-0.3, -0.25) is 24.7 Å². The third-order valence-corrected chi connectivity index (χ3v) is 19.0. The first kappa shape index (κ1) is 69.4. The van der Waals surface area contributed by atoms with E-state index in [1.54, 1.807) is 30.9 Å². The fourth-order valence-corrected chi connectivity index (χ4v) is 13.3. The first-order valence-electron chi connectivity index (χ1n) is 34.5. The summed E-state index contributed by atoms with van der Waals surface area (Å²) in [5, 5.41) is 43.7. The molecule has 0 unspecified atom stereocenters. The SMILES string of the molecule is C.CN1CCN(c2cc(-c3ccncc3)c(-c3ccc4ccccc4c3)nn2)CC1.CN1CCN(c2cc(-c3ccncc3)c(-c3ccc4ccccc4c3)nn2)CC1.Clc1cc(-c2ccncc2)c(-c2ccc3ccccc3c2)nn1.O=c1cc(-c2ccncc2)c(-c2ccc3ccccc3c2)n[nH]1. The Kier molecular flexibility index (Phi) is 21.5. The van der Waals surface area contributed by atoms with Gasteiger partial charge in [0.1, 0.15) is 17.1 Å². The standard InChI is InChI=1S/2C24H23N5.C19H12ClN3.C19H13N3O.CH4/c2*1-28-12-14-29(15-13-28)23-17-22(19-8-10-25-11-9-19)24(27-26-23)21-7-6-18-4-2-3-5-20(18)16-21;20-18-12-17(14-7-9-21-10-8-14)19(23-22-18)16-6-5-13-3-1-2-4-15(13)11-16;23-18-12-17(14-7-9-20-10-8-14)19(22-21-18)16-6-5-13-3-1-2-4-15(13)11-16;/h2*2-11,16-17H,12-15H2,1H3;1-12H;1-12H,(H,21,23);1H4. The minimum absolute atomic E-state index is 0. The van der Waals surface area contributed by atoms with E-state index in [0.29, 0.717) is 5.15 Å². The van der Waals surface area contributed by atoms with Crippen molar-refractivity contribution in [3.05, 3.63) is 308 Å². The van der Waals surface area contributed by atoms with Crippen molar-refractivity contribution >= 4 is 66.3 Å². The molecule has 0 spiro atoms. The first-order chi connectivity index (χ1) is 51.2. The molecule has 2 saturated heterocycles. The molecule has 8 aromatic heterocycles. The molecule has 1 N–H and O–H groups in total. The van der Waals surface area contributed by atoms with E-state index in [4.69, 9.17) is 21.8 Å². The molecular weight excluding hydrogens is 1320 g/mol. The highest BCUT2D eigenvalue weighted by Crippen LogP contribution is 2.38. The van der Waals surface area contributed by atoms with Crippen molar-refractivity contribution in [2.45, 2.75) is 7.43 Å². The van der Waals surface area contributed by atoms with Crippen LogP contribution in [-0.4, -0.2) is 137 Å². The molecule has 2 fully saturated rings. The van der Waals surface area contributed by atoms with Gasteiger partial charge in [-0.05, 0) is 170 Å². The molecule has 0 aliphatic carbocycles. The third-order valence-electron chi connectivity index (χ3n) is 18.8. The van der Waals surface area contributed by atoms with E-state index in [1.807, 2.05) is 110 Å². The zero-order valence-corrected chi connectivity index (χ0v) is 58.1. The fraction of sp³-hybridized carbons (Fsp3) is 0.126. The Morgan fingerprint density at radius 3 is 0.914 bits per heavy atom. The monoisotopic (exact) mass is 1390 g/mol. The predicted octanol–water partition coefficient (Wildman–Crippen LogP) is 17.5. The van der Waals surface area contributed by atoms with Gasteiger partial charge in [0.05, 0.1) is 5.69 Å². The second-order valence-electron chi connectivity index (χ2n) is 25.6. The van der Waals surface area contributed by atoms with Crippen LogP contribution in [0.15, 0.2) is 297 Å². The maximum atomic E-state index is 11.7. The van der Waals surface area contributed by atoms with Crippen LogP contribution in [-0.2, 0) is 0 Å². The molecular formula is C87H75ClN16O. The van der Waals surface area contributed by atoms with Crippen molar-refractivity contribution < 1.29 is 0 Å². The quantitative estimate of drug-likeness (QED) is 0.136. The maximum absolute atomic E-state index is 11.7. The molecule has 10 heterocycles. The fourth-order valence-electron chi connectivity index (χ4n) is 13.1. The topological polar surface area (TPSA) is 188 Å². The van der Waals surface area contributed by atoms with Crippen LogP contribution in [0.1, 0.15) is 7.43 Å². The molecule has 2 aliphatic rings. The Labute approximate surface area is 614 Å². The van der Waals surface area contributed by atoms with E-state index in [1.165, 1.54) is 37.7 Å². The number of likely N-dealkylation sites (N-methyl/N-ethyl adjacent to an activating group) is 2. The van der Waals surface area contributed by atoms with E-state index in [2.05, 4.69) is 236 Å². The Morgan fingerprint density at radius 2 is 0.581 bits per heavy atom. The second-order valence-corrected chi connectivity index (χ2v) is 26.0. The molecule has 0 amide bonds. The highest BCUT2D eigenvalue weighted by Gasteiger charge is 2.22. The summed E-state index contributed by atoms with van der Waals surface area (Å²) in [7, 11) is 4.32. The molecule has 17 nitrogen and oxygen atoms in total. The van der Waals surface area contributed by atoms with Crippen molar-refractivity contribution in [3.8, 4) is 89.5 Å². The van der Waals surface area contributed by atoms with Crippen LogP contribution in [0, 0.1) is 0 Å². The van der Waals surface area contributed by atoms with Crippen LogP contribution in [0.2, 0.25) is 5.15 Å². The maximum Gasteiger partial charge on any atom is 0.264 e. The number of nitrogens with zero attached hydrogens (tertiary/aromatic N) is 15. The van der Waals surface area contributed by atoms with Gasteiger partial charge in [0.15, 0.2) is 16.8 Å². The summed E-state index contributed by atoms with van der Waals surface area (Å²) in [5.74, 6) is 1.88. The highest BCUT2D eigenvalue weighted by atomic mass is 35.5. The van der Waals surface area contributed by atoms with Crippen LogP contribution in [0.3, 0.4) is 0 Å². The highest BCUT2D eigenvalue weighted by molar-refractivity contribution is 6.29. The average molecular weight is 1400 g/mol. The van der Waals surface area contributed by atoms with Crippen LogP contribution < -0.4 is 15.4 Å². The molecule has 105 heavy (non-hydrogen) atoms. The van der Waals surface area contributed by atoms with Gasteiger partial charge in [-0.25, -0.2) is 5.10 Å². The number of H-pyrrole nitrogens is 1. The lowest BCUT2D eigenvalue weighted by Gasteiger charge is -2.33. The van der Waals surface area contributed by atoms with E-state index in [0.717, 1.165) is 159 Å². The average Bonchev–Trinajstić information content (AvgIpc) is 0.802. The second kappa shape index (κ2) is 32.5. The number of hydrogen-bond donors (Lipinski definition) is 1. The van der Waals surface area contributed by atoms with Gasteiger partial charge in [-0.15, -0.1) is 30.6 Å². The predicted molar refractivity (Wildman–Crippen MR) is 427 cm³/mol. The van der Waals surface area contributed by atoms with Gasteiger partial charge in [0.25, 0.3) is 5.56 Å². The number of fused-ring (bicyclic) bond motifs is 4. The summed E-state index contributed by atoms with van der Waals surface area (Å²) >= 11 is 6.06. The summed E-state index contributed by atoms with van der Waals surface area (Å²) in [6, 6.07) is 82.2.